The Labute approximate surface area is 82.4 Å². The van der Waals surface area contributed by atoms with Gasteiger partial charge >= 0.3 is 6.01 Å². The molecule has 0 bridgehead atoms. The second-order valence-corrected chi connectivity index (χ2v) is 2.74. The topological polar surface area (TPSA) is 35.0 Å². The molecule has 0 atom stereocenters. The molecule has 0 aliphatic heterocycles. The average Bonchev–Trinajstić information content (AvgIpc) is 2.29. The van der Waals surface area contributed by atoms with E-state index in [-0.39, 0.29) is 0 Å². The summed E-state index contributed by atoms with van der Waals surface area (Å²) < 4.78 is 5.34. The van der Waals surface area contributed by atoms with E-state index in [0.29, 0.717) is 12.6 Å². The van der Waals surface area contributed by atoms with E-state index in [1.54, 1.807) is 12.3 Å². The number of benzene rings is 1. The molecule has 0 spiro atoms. The molecule has 0 saturated heterocycles. The quantitative estimate of drug-likeness (QED) is 0.732. The summed E-state index contributed by atoms with van der Waals surface area (Å²) in [7, 11) is 0. The van der Waals surface area contributed by atoms with Crippen LogP contribution in [-0.2, 0) is 6.61 Å². The Morgan fingerprint density at radius 3 is 2.79 bits per heavy atom. The minimum Gasteiger partial charge on any atom is -0.459 e. The van der Waals surface area contributed by atoms with Crippen molar-refractivity contribution in [1.29, 1.82) is 0 Å². The lowest BCUT2D eigenvalue weighted by Gasteiger charge is -2.02. The molecule has 0 unspecified atom stereocenters. The smallest absolute Gasteiger partial charge is 0.317 e. The number of nitrogens with zero attached hydrogens (tertiary/aromatic N) is 2. The molecule has 1 heterocycles. The molecule has 0 saturated carbocycles. The van der Waals surface area contributed by atoms with Gasteiger partial charge in [-0.3, -0.25) is 0 Å². The van der Waals surface area contributed by atoms with Gasteiger partial charge in [0.25, 0.3) is 0 Å². The zero-order chi connectivity index (χ0) is 9.64. The van der Waals surface area contributed by atoms with Gasteiger partial charge in [0.05, 0.1) is 6.20 Å². The van der Waals surface area contributed by atoms with E-state index >= 15 is 0 Å². The van der Waals surface area contributed by atoms with E-state index in [9.17, 15) is 0 Å². The largest absolute Gasteiger partial charge is 0.459 e. The van der Waals surface area contributed by atoms with Gasteiger partial charge in [0.1, 0.15) is 6.61 Å². The van der Waals surface area contributed by atoms with E-state index in [4.69, 9.17) is 4.74 Å². The van der Waals surface area contributed by atoms with Crippen LogP contribution in [0.1, 0.15) is 5.56 Å². The van der Waals surface area contributed by atoms with Crippen molar-refractivity contribution < 1.29 is 4.74 Å². The minimum absolute atomic E-state index is 0.358. The van der Waals surface area contributed by atoms with Crippen LogP contribution in [0.4, 0.5) is 0 Å². The molecule has 2 aromatic rings. The number of hydrogen-bond acceptors (Lipinski definition) is 3. The van der Waals surface area contributed by atoms with Gasteiger partial charge in [-0.15, -0.1) is 0 Å². The standard InChI is InChI=1S/C11H9N2O/c1-2-5-10(6-3-1)9-14-11-12-7-4-8-13-11/h1-7H,9H2. The van der Waals surface area contributed by atoms with E-state index in [1.165, 1.54) is 0 Å². The number of hydrogen-bond donors (Lipinski definition) is 0. The van der Waals surface area contributed by atoms with Gasteiger partial charge in [-0.2, -0.15) is 4.98 Å². The molecule has 0 N–H and O–H groups in total. The molecule has 69 valence electrons. The van der Waals surface area contributed by atoms with Crippen LogP contribution in [0.3, 0.4) is 0 Å². The molecule has 0 aliphatic carbocycles. The van der Waals surface area contributed by atoms with Crippen LogP contribution in [0.5, 0.6) is 6.01 Å². The second-order valence-electron chi connectivity index (χ2n) is 2.74. The SMILES string of the molecule is [c]1ccnc(OCc2ccccc2)n1. The molecular formula is C11H9N2O. The van der Waals surface area contributed by atoms with Crippen molar-refractivity contribution in [1.82, 2.24) is 9.97 Å². The Balaban J connectivity index is 1.96. The average molecular weight is 185 g/mol. The van der Waals surface area contributed by atoms with Crippen molar-refractivity contribution in [3.63, 3.8) is 0 Å². The highest BCUT2D eigenvalue weighted by atomic mass is 16.5. The maximum Gasteiger partial charge on any atom is 0.317 e. The molecule has 1 radical (unpaired) electrons. The van der Waals surface area contributed by atoms with Crippen molar-refractivity contribution in [2.75, 3.05) is 0 Å². The molecule has 14 heavy (non-hydrogen) atoms. The van der Waals surface area contributed by atoms with Crippen molar-refractivity contribution in [2.24, 2.45) is 0 Å². The molecule has 3 nitrogen and oxygen atoms in total. The normalized spacial score (nSPS) is 9.71. The zero-order valence-corrected chi connectivity index (χ0v) is 7.55. The van der Waals surface area contributed by atoms with Crippen LogP contribution in [0.15, 0.2) is 42.6 Å². The summed E-state index contributed by atoms with van der Waals surface area (Å²) in [5, 5.41) is 0. The van der Waals surface area contributed by atoms with Crippen molar-refractivity contribution >= 4 is 0 Å². The lowest BCUT2D eigenvalue weighted by molar-refractivity contribution is 0.280. The summed E-state index contributed by atoms with van der Waals surface area (Å²) in [5.41, 5.74) is 1.10. The second kappa shape index (κ2) is 4.37. The van der Waals surface area contributed by atoms with Crippen molar-refractivity contribution in [3.8, 4) is 6.01 Å². The predicted octanol–water partition coefficient (Wildman–Crippen LogP) is 1.86. The Morgan fingerprint density at radius 2 is 2.07 bits per heavy atom. The fourth-order valence-electron chi connectivity index (χ4n) is 1.05. The first-order valence-electron chi connectivity index (χ1n) is 4.31. The van der Waals surface area contributed by atoms with Gasteiger partial charge < -0.3 is 4.74 Å². The lowest BCUT2D eigenvalue weighted by Crippen LogP contribution is -1.98. The summed E-state index contributed by atoms with van der Waals surface area (Å²) in [5.74, 6) is 0. The van der Waals surface area contributed by atoms with Crippen LogP contribution in [-0.4, -0.2) is 9.97 Å². The summed E-state index contributed by atoms with van der Waals surface area (Å²) in [6.45, 7) is 0.485. The van der Waals surface area contributed by atoms with Gasteiger partial charge in [0, 0.05) is 6.20 Å². The Hall–Kier alpha value is -1.90. The zero-order valence-electron chi connectivity index (χ0n) is 7.55. The third kappa shape index (κ3) is 2.29. The summed E-state index contributed by atoms with van der Waals surface area (Å²) in [6, 6.07) is 11.9. The highest BCUT2D eigenvalue weighted by Crippen LogP contribution is 2.04. The maximum atomic E-state index is 5.34. The lowest BCUT2D eigenvalue weighted by atomic mass is 10.2. The van der Waals surface area contributed by atoms with Gasteiger partial charge in [0.2, 0.25) is 0 Å². The highest BCUT2D eigenvalue weighted by Gasteiger charge is 1.95. The van der Waals surface area contributed by atoms with Gasteiger partial charge in [-0.25, -0.2) is 4.98 Å². The van der Waals surface area contributed by atoms with Crippen LogP contribution in [0.2, 0.25) is 0 Å². The highest BCUT2D eigenvalue weighted by molar-refractivity contribution is 5.14. The minimum atomic E-state index is 0.358. The van der Waals surface area contributed by atoms with E-state index < -0.39 is 0 Å². The van der Waals surface area contributed by atoms with Crippen molar-refractivity contribution in [3.05, 3.63) is 54.4 Å². The van der Waals surface area contributed by atoms with Gasteiger partial charge in [0.15, 0.2) is 0 Å². The molecule has 0 aliphatic rings. The fraction of sp³-hybridized carbons (Fsp3) is 0.0909. The molecule has 2 rings (SSSR count). The predicted molar refractivity (Wildman–Crippen MR) is 51.6 cm³/mol. The van der Waals surface area contributed by atoms with Crippen LogP contribution < -0.4 is 4.74 Å². The first-order chi connectivity index (χ1) is 6.95. The molecular weight excluding hydrogens is 176 g/mol. The third-order valence-electron chi connectivity index (χ3n) is 1.70. The molecule has 0 fully saturated rings. The van der Waals surface area contributed by atoms with Gasteiger partial charge in [-0.05, 0) is 11.6 Å². The molecule has 3 heteroatoms. The Kier molecular flexibility index (Phi) is 2.71. The molecule has 0 amide bonds. The summed E-state index contributed by atoms with van der Waals surface area (Å²) in [4.78, 5) is 7.76. The first-order valence-corrected chi connectivity index (χ1v) is 4.31. The Morgan fingerprint density at radius 1 is 1.21 bits per heavy atom. The molecule has 1 aromatic heterocycles. The molecule has 1 aromatic carbocycles. The van der Waals surface area contributed by atoms with Crippen LogP contribution in [0, 0.1) is 6.20 Å². The summed E-state index contributed by atoms with van der Waals surface area (Å²) >= 11 is 0. The maximum absolute atomic E-state index is 5.34. The van der Waals surface area contributed by atoms with E-state index in [2.05, 4.69) is 16.2 Å². The number of ether oxygens (including phenoxy) is 1. The van der Waals surface area contributed by atoms with Crippen LogP contribution >= 0.6 is 0 Å². The first kappa shape index (κ1) is 8.69. The third-order valence-corrected chi connectivity index (χ3v) is 1.70. The number of rotatable bonds is 3. The summed E-state index contributed by atoms with van der Waals surface area (Å²) in [6.07, 6.45) is 4.26. The number of aromatic nitrogens is 2. The Bertz CT molecular complexity index is 336. The monoisotopic (exact) mass is 185 g/mol. The van der Waals surface area contributed by atoms with Crippen LogP contribution in [0.25, 0.3) is 0 Å². The van der Waals surface area contributed by atoms with Crippen molar-refractivity contribution in [2.45, 2.75) is 6.61 Å². The van der Waals surface area contributed by atoms with E-state index in [1.807, 2.05) is 30.3 Å². The van der Waals surface area contributed by atoms with E-state index in [0.717, 1.165) is 5.56 Å². The fourth-order valence-corrected chi connectivity index (χ4v) is 1.05. The van der Waals surface area contributed by atoms with Gasteiger partial charge in [-0.1, -0.05) is 30.3 Å².